The van der Waals surface area contributed by atoms with Gasteiger partial charge in [-0.3, -0.25) is 9.78 Å². The highest BCUT2D eigenvalue weighted by molar-refractivity contribution is 5.98. The fraction of sp³-hybridized carbons (Fsp3) is 0.500. The Morgan fingerprint density at radius 3 is 3.13 bits per heavy atom. The molecule has 3 heteroatoms. The molecule has 2 heterocycles. The number of aryl methyl sites for hydroxylation is 1. The number of aromatic nitrogens is 1. The lowest BCUT2D eigenvalue weighted by Crippen LogP contribution is -2.26. The smallest absolute Gasteiger partial charge is 0.170 e. The van der Waals surface area contributed by atoms with Crippen molar-refractivity contribution in [3.63, 3.8) is 0 Å². The molecular weight excluding hydrogens is 190 g/mol. The number of pyridine rings is 1. The van der Waals surface area contributed by atoms with Crippen LogP contribution in [0.15, 0.2) is 18.3 Å². The molecule has 0 spiro atoms. The van der Waals surface area contributed by atoms with Crippen molar-refractivity contribution < 1.29 is 9.53 Å². The van der Waals surface area contributed by atoms with E-state index in [2.05, 4.69) is 4.98 Å². The number of hydrogen-bond acceptors (Lipinski definition) is 3. The number of rotatable bonds is 2. The molecule has 1 unspecified atom stereocenters. The molecule has 0 bridgehead atoms. The predicted octanol–water partition coefficient (Wildman–Crippen LogP) is 2.00. The first-order chi connectivity index (χ1) is 7.29. The first-order valence-electron chi connectivity index (χ1n) is 5.32. The van der Waals surface area contributed by atoms with E-state index in [0.717, 1.165) is 30.7 Å². The Morgan fingerprint density at radius 1 is 1.60 bits per heavy atom. The van der Waals surface area contributed by atoms with E-state index in [9.17, 15) is 4.79 Å². The van der Waals surface area contributed by atoms with Gasteiger partial charge in [0.2, 0.25) is 0 Å². The summed E-state index contributed by atoms with van der Waals surface area (Å²) in [5.74, 6) is 0.210. The third-order valence-corrected chi connectivity index (χ3v) is 2.80. The third kappa shape index (κ3) is 2.23. The SMILES string of the molecule is Cc1ncccc1C(=O)C1CCCOC1. The summed E-state index contributed by atoms with van der Waals surface area (Å²) in [6, 6.07) is 3.66. The highest BCUT2D eigenvalue weighted by Gasteiger charge is 2.24. The van der Waals surface area contributed by atoms with Crippen LogP contribution in [0.1, 0.15) is 28.9 Å². The van der Waals surface area contributed by atoms with Gasteiger partial charge in [-0.15, -0.1) is 0 Å². The number of hydrogen-bond donors (Lipinski definition) is 0. The van der Waals surface area contributed by atoms with Crippen LogP contribution in [-0.4, -0.2) is 24.0 Å². The van der Waals surface area contributed by atoms with Gasteiger partial charge in [0.1, 0.15) is 0 Å². The summed E-state index contributed by atoms with van der Waals surface area (Å²) in [4.78, 5) is 16.2. The van der Waals surface area contributed by atoms with Crippen molar-refractivity contribution in [1.82, 2.24) is 4.98 Å². The van der Waals surface area contributed by atoms with Gasteiger partial charge in [0.15, 0.2) is 5.78 Å². The zero-order valence-electron chi connectivity index (χ0n) is 8.90. The minimum absolute atomic E-state index is 0.0293. The summed E-state index contributed by atoms with van der Waals surface area (Å²) in [6.45, 7) is 3.22. The van der Waals surface area contributed by atoms with Gasteiger partial charge in [-0.2, -0.15) is 0 Å². The van der Waals surface area contributed by atoms with E-state index in [4.69, 9.17) is 4.74 Å². The minimum atomic E-state index is 0.0293. The Hall–Kier alpha value is -1.22. The molecule has 0 aromatic carbocycles. The van der Waals surface area contributed by atoms with E-state index in [-0.39, 0.29) is 11.7 Å². The Labute approximate surface area is 89.5 Å². The fourth-order valence-electron chi connectivity index (χ4n) is 1.91. The molecule has 1 aliphatic heterocycles. The molecule has 1 atom stereocenters. The molecule has 1 aromatic rings. The van der Waals surface area contributed by atoms with E-state index in [1.165, 1.54) is 0 Å². The minimum Gasteiger partial charge on any atom is -0.381 e. The van der Waals surface area contributed by atoms with Gasteiger partial charge in [0.25, 0.3) is 0 Å². The molecule has 0 amide bonds. The normalized spacial score (nSPS) is 21.3. The van der Waals surface area contributed by atoms with Crippen molar-refractivity contribution in [2.45, 2.75) is 19.8 Å². The van der Waals surface area contributed by atoms with E-state index in [1.54, 1.807) is 6.20 Å². The number of nitrogens with zero attached hydrogens (tertiary/aromatic N) is 1. The molecule has 0 radical (unpaired) electrons. The van der Waals surface area contributed by atoms with Crippen LogP contribution in [0, 0.1) is 12.8 Å². The van der Waals surface area contributed by atoms with Crippen LogP contribution in [-0.2, 0) is 4.74 Å². The van der Waals surface area contributed by atoms with E-state index in [1.807, 2.05) is 19.1 Å². The summed E-state index contributed by atoms with van der Waals surface area (Å²) in [5.41, 5.74) is 1.56. The largest absolute Gasteiger partial charge is 0.381 e. The monoisotopic (exact) mass is 205 g/mol. The summed E-state index contributed by atoms with van der Waals surface area (Å²) in [5, 5.41) is 0. The van der Waals surface area contributed by atoms with Crippen LogP contribution in [0.4, 0.5) is 0 Å². The van der Waals surface area contributed by atoms with Crippen LogP contribution in [0.25, 0.3) is 0 Å². The standard InChI is InChI=1S/C12H15NO2/c1-9-11(5-2-6-13-9)12(14)10-4-3-7-15-8-10/h2,5-6,10H,3-4,7-8H2,1H3. The average molecular weight is 205 g/mol. The van der Waals surface area contributed by atoms with Crippen molar-refractivity contribution in [2.75, 3.05) is 13.2 Å². The Kier molecular flexibility index (Phi) is 3.11. The lowest BCUT2D eigenvalue weighted by atomic mass is 9.92. The number of ketones is 1. The highest BCUT2D eigenvalue weighted by atomic mass is 16.5. The van der Waals surface area contributed by atoms with Crippen molar-refractivity contribution in [2.24, 2.45) is 5.92 Å². The van der Waals surface area contributed by atoms with E-state index in [0.29, 0.717) is 6.61 Å². The summed E-state index contributed by atoms with van der Waals surface area (Å²) < 4.78 is 5.32. The quantitative estimate of drug-likeness (QED) is 0.693. The lowest BCUT2D eigenvalue weighted by Gasteiger charge is -2.21. The topological polar surface area (TPSA) is 39.2 Å². The Balaban J connectivity index is 2.16. The first-order valence-corrected chi connectivity index (χ1v) is 5.32. The van der Waals surface area contributed by atoms with Gasteiger partial charge < -0.3 is 4.74 Å². The van der Waals surface area contributed by atoms with Gasteiger partial charge in [-0.1, -0.05) is 0 Å². The summed E-state index contributed by atoms with van der Waals surface area (Å²) in [6.07, 6.45) is 3.63. The average Bonchev–Trinajstić information content (AvgIpc) is 2.30. The maximum Gasteiger partial charge on any atom is 0.170 e. The molecule has 1 aliphatic rings. The molecule has 1 aromatic heterocycles. The van der Waals surface area contributed by atoms with Crippen LogP contribution >= 0.6 is 0 Å². The maximum absolute atomic E-state index is 12.1. The van der Waals surface area contributed by atoms with Crippen LogP contribution < -0.4 is 0 Å². The second-order valence-corrected chi connectivity index (χ2v) is 3.91. The summed E-state index contributed by atoms with van der Waals surface area (Å²) in [7, 11) is 0. The van der Waals surface area contributed by atoms with Gasteiger partial charge in [-0.05, 0) is 31.9 Å². The molecule has 0 N–H and O–H groups in total. The third-order valence-electron chi connectivity index (χ3n) is 2.80. The molecule has 3 nitrogen and oxygen atoms in total. The van der Waals surface area contributed by atoms with Crippen molar-refractivity contribution >= 4 is 5.78 Å². The molecule has 0 saturated carbocycles. The van der Waals surface area contributed by atoms with Crippen LogP contribution in [0.2, 0.25) is 0 Å². The molecule has 80 valence electrons. The maximum atomic E-state index is 12.1. The number of ether oxygens (including phenoxy) is 1. The van der Waals surface area contributed by atoms with Crippen molar-refractivity contribution in [3.8, 4) is 0 Å². The van der Waals surface area contributed by atoms with Gasteiger partial charge in [-0.25, -0.2) is 0 Å². The number of Topliss-reactive ketones (excluding diaryl/α,β-unsaturated/α-hetero) is 1. The molecule has 0 aliphatic carbocycles. The van der Waals surface area contributed by atoms with E-state index >= 15 is 0 Å². The first kappa shape index (κ1) is 10.3. The second-order valence-electron chi connectivity index (χ2n) is 3.91. The van der Waals surface area contributed by atoms with Crippen molar-refractivity contribution in [1.29, 1.82) is 0 Å². The fourth-order valence-corrected chi connectivity index (χ4v) is 1.91. The van der Waals surface area contributed by atoms with Gasteiger partial charge >= 0.3 is 0 Å². The van der Waals surface area contributed by atoms with Gasteiger partial charge in [0, 0.05) is 30.0 Å². The molecular formula is C12H15NO2. The zero-order valence-corrected chi connectivity index (χ0v) is 8.90. The highest BCUT2D eigenvalue weighted by Crippen LogP contribution is 2.19. The number of carbonyl (C=O) groups is 1. The molecule has 1 fully saturated rings. The van der Waals surface area contributed by atoms with E-state index < -0.39 is 0 Å². The number of carbonyl (C=O) groups excluding carboxylic acids is 1. The van der Waals surface area contributed by atoms with Crippen LogP contribution in [0.5, 0.6) is 0 Å². The summed E-state index contributed by atoms with van der Waals surface area (Å²) >= 11 is 0. The zero-order chi connectivity index (χ0) is 10.7. The molecule has 15 heavy (non-hydrogen) atoms. The molecule has 2 rings (SSSR count). The van der Waals surface area contributed by atoms with Gasteiger partial charge in [0.05, 0.1) is 6.61 Å². The molecule has 1 saturated heterocycles. The lowest BCUT2D eigenvalue weighted by molar-refractivity contribution is 0.0460. The van der Waals surface area contributed by atoms with Crippen molar-refractivity contribution in [3.05, 3.63) is 29.6 Å². The predicted molar refractivity (Wildman–Crippen MR) is 56.8 cm³/mol. The van der Waals surface area contributed by atoms with Crippen LogP contribution in [0.3, 0.4) is 0 Å². The second kappa shape index (κ2) is 4.53. The Bertz CT molecular complexity index is 356. The Morgan fingerprint density at radius 2 is 2.47 bits per heavy atom.